The van der Waals surface area contributed by atoms with Crippen LogP contribution in [0.4, 0.5) is 24.0 Å². The second-order valence-electron chi connectivity index (χ2n) is 6.66. The van der Waals surface area contributed by atoms with Gasteiger partial charge in [-0.3, -0.25) is 14.4 Å². The maximum absolute atomic E-state index is 13.2. The van der Waals surface area contributed by atoms with Crippen molar-refractivity contribution in [1.29, 1.82) is 0 Å². The molecule has 1 atom stereocenters. The van der Waals surface area contributed by atoms with Crippen LogP contribution in [0.25, 0.3) is 10.6 Å². The molecule has 0 bridgehead atoms. The molecule has 0 spiro atoms. The van der Waals surface area contributed by atoms with Crippen molar-refractivity contribution in [3.63, 3.8) is 0 Å². The van der Waals surface area contributed by atoms with Gasteiger partial charge < -0.3 is 0 Å². The number of amides is 1. The average Bonchev–Trinajstić information content (AvgIpc) is 3.16. The lowest BCUT2D eigenvalue weighted by Crippen LogP contribution is -2.45. The van der Waals surface area contributed by atoms with Gasteiger partial charge in [0.1, 0.15) is 11.0 Å². The van der Waals surface area contributed by atoms with Crippen LogP contribution in [0.2, 0.25) is 5.02 Å². The van der Waals surface area contributed by atoms with E-state index in [0.717, 1.165) is 35.3 Å². The standard InChI is InChI=1S/C19H16ClF3N4O3S2/c1-11(16(28)24-18-26-25-17(31-18)12-6-4-3-5-7-12)27(32(2,29)30)13-8-9-15(20)14(10-13)19(21,22)23/h3-11H,1-2H3,(H,24,26,28)/t11-/m0/s1. The summed E-state index contributed by atoms with van der Waals surface area (Å²) in [5.74, 6) is -0.797. The van der Waals surface area contributed by atoms with Crippen LogP contribution in [0.5, 0.6) is 0 Å². The lowest BCUT2D eigenvalue weighted by atomic mass is 10.1. The van der Waals surface area contributed by atoms with Crippen molar-refractivity contribution in [2.75, 3.05) is 15.9 Å². The number of anilines is 2. The number of sulfonamides is 1. The Kier molecular flexibility index (Phi) is 6.77. The molecular weight excluding hydrogens is 489 g/mol. The van der Waals surface area contributed by atoms with E-state index >= 15 is 0 Å². The highest BCUT2D eigenvalue weighted by Crippen LogP contribution is 2.38. The van der Waals surface area contributed by atoms with E-state index in [9.17, 15) is 26.4 Å². The number of carbonyl (C=O) groups excluding carboxylic acids is 1. The number of aromatic nitrogens is 2. The predicted octanol–water partition coefficient (Wildman–Crippen LogP) is 4.67. The van der Waals surface area contributed by atoms with Crippen LogP contribution < -0.4 is 9.62 Å². The monoisotopic (exact) mass is 504 g/mol. The first-order valence-corrected chi connectivity index (χ1v) is 12.0. The molecule has 0 aliphatic rings. The van der Waals surface area contributed by atoms with E-state index in [1.54, 1.807) is 12.1 Å². The molecule has 1 heterocycles. The second kappa shape index (κ2) is 9.04. The molecule has 2 aromatic carbocycles. The molecule has 0 fully saturated rings. The lowest BCUT2D eigenvalue weighted by Gasteiger charge is -2.28. The molecule has 0 aliphatic carbocycles. The molecular formula is C19H16ClF3N4O3S2. The molecule has 1 amide bonds. The minimum Gasteiger partial charge on any atom is -0.299 e. The molecule has 0 radical (unpaired) electrons. The van der Waals surface area contributed by atoms with Crippen molar-refractivity contribution in [1.82, 2.24) is 10.2 Å². The molecule has 32 heavy (non-hydrogen) atoms. The van der Waals surface area contributed by atoms with Crippen molar-refractivity contribution in [3.05, 3.63) is 59.1 Å². The maximum atomic E-state index is 13.2. The number of carbonyl (C=O) groups is 1. The molecule has 3 aromatic rings. The van der Waals surface area contributed by atoms with E-state index in [1.807, 2.05) is 18.2 Å². The number of rotatable bonds is 6. The van der Waals surface area contributed by atoms with Crippen LogP contribution >= 0.6 is 22.9 Å². The molecule has 7 nitrogen and oxygen atoms in total. The zero-order valence-corrected chi connectivity index (χ0v) is 19.0. The Morgan fingerprint density at radius 1 is 1.16 bits per heavy atom. The largest absolute Gasteiger partial charge is 0.417 e. The number of nitrogens with zero attached hydrogens (tertiary/aromatic N) is 3. The van der Waals surface area contributed by atoms with E-state index in [2.05, 4.69) is 15.5 Å². The molecule has 0 saturated carbocycles. The number of hydrogen-bond donors (Lipinski definition) is 1. The van der Waals surface area contributed by atoms with Gasteiger partial charge in [0.25, 0.3) is 0 Å². The van der Waals surface area contributed by atoms with Gasteiger partial charge in [-0.2, -0.15) is 13.2 Å². The summed E-state index contributed by atoms with van der Waals surface area (Å²) in [7, 11) is -4.14. The highest BCUT2D eigenvalue weighted by Gasteiger charge is 2.36. The third-order valence-corrected chi connectivity index (χ3v) is 6.73. The molecule has 0 unspecified atom stereocenters. The van der Waals surface area contributed by atoms with E-state index in [0.29, 0.717) is 15.4 Å². The Bertz CT molecular complexity index is 1230. The average molecular weight is 505 g/mol. The second-order valence-corrected chi connectivity index (χ2v) is 9.91. The zero-order chi connectivity index (χ0) is 23.7. The normalized spacial score (nSPS) is 12.9. The summed E-state index contributed by atoms with van der Waals surface area (Å²) in [6.45, 7) is 1.25. The maximum Gasteiger partial charge on any atom is 0.417 e. The summed E-state index contributed by atoms with van der Waals surface area (Å²) < 4.78 is 65.0. The van der Waals surface area contributed by atoms with Gasteiger partial charge in [0.05, 0.1) is 22.5 Å². The SMILES string of the molecule is C[C@@H](C(=O)Nc1nnc(-c2ccccc2)s1)N(c1ccc(Cl)c(C(F)(F)F)c1)S(C)(=O)=O. The smallest absolute Gasteiger partial charge is 0.299 e. The first-order chi connectivity index (χ1) is 14.9. The fourth-order valence-electron chi connectivity index (χ4n) is 2.86. The van der Waals surface area contributed by atoms with Crippen molar-refractivity contribution in [3.8, 4) is 10.6 Å². The number of hydrogen-bond acceptors (Lipinski definition) is 6. The summed E-state index contributed by atoms with van der Waals surface area (Å²) in [6.07, 6.45) is -4.01. The van der Waals surface area contributed by atoms with Crippen LogP contribution in [0, 0.1) is 0 Å². The minimum atomic E-state index is -4.80. The summed E-state index contributed by atoms with van der Waals surface area (Å²) in [6, 6.07) is 10.3. The van der Waals surface area contributed by atoms with Gasteiger partial charge in [0.15, 0.2) is 0 Å². The molecule has 1 aromatic heterocycles. The number of nitrogens with one attached hydrogen (secondary N) is 1. The highest BCUT2D eigenvalue weighted by atomic mass is 35.5. The first-order valence-electron chi connectivity index (χ1n) is 8.94. The van der Waals surface area contributed by atoms with Crippen LogP contribution in [0.3, 0.4) is 0 Å². The topological polar surface area (TPSA) is 92.3 Å². The fraction of sp³-hybridized carbons (Fsp3) is 0.211. The molecule has 170 valence electrons. The quantitative estimate of drug-likeness (QED) is 0.526. The van der Waals surface area contributed by atoms with E-state index in [-0.39, 0.29) is 10.8 Å². The first kappa shape index (κ1) is 24.0. The van der Waals surface area contributed by atoms with Gasteiger partial charge in [0.2, 0.25) is 21.1 Å². The molecule has 3 rings (SSSR count). The van der Waals surface area contributed by atoms with E-state index in [4.69, 9.17) is 11.6 Å². The van der Waals surface area contributed by atoms with E-state index < -0.39 is 38.7 Å². The summed E-state index contributed by atoms with van der Waals surface area (Å²) >= 11 is 6.69. The summed E-state index contributed by atoms with van der Waals surface area (Å²) in [5.41, 5.74) is -0.791. The molecule has 1 N–H and O–H groups in total. The Morgan fingerprint density at radius 3 is 2.41 bits per heavy atom. The zero-order valence-electron chi connectivity index (χ0n) is 16.6. The Balaban J connectivity index is 1.88. The Morgan fingerprint density at radius 2 is 1.81 bits per heavy atom. The van der Waals surface area contributed by atoms with Gasteiger partial charge in [-0.15, -0.1) is 10.2 Å². The lowest BCUT2D eigenvalue weighted by molar-refractivity contribution is -0.137. The number of halogens is 4. The van der Waals surface area contributed by atoms with Crippen molar-refractivity contribution >= 4 is 49.7 Å². The van der Waals surface area contributed by atoms with Gasteiger partial charge in [-0.1, -0.05) is 53.3 Å². The van der Waals surface area contributed by atoms with Crippen molar-refractivity contribution < 1.29 is 26.4 Å². The Hall–Kier alpha value is -2.70. The number of alkyl halides is 3. The molecule has 13 heteroatoms. The van der Waals surface area contributed by atoms with Gasteiger partial charge >= 0.3 is 6.18 Å². The summed E-state index contributed by atoms with van der Waals surface area (Å²) in [4.78, 5) is 12.7. The van der Waals surface area contributed by atoms with Gasteiger partial charge in [-0.25, -0.2) is 8.42 Å². The third-order valence-electron chi connectivity index (χ3n) is 4.27. The third kappa shape index (κ3) is 5.37. The molecule has 0 saturated heterocycles. The van der Waals surface area contributed by atoms with Crippen LogP contribution in [-0.4, -0.2) is 36.8 Å². The van der Waals surface area contributed by atoms with Crippen molar-refractivity contribution in [2.45, 2.75) is 19.1 Å². The van der Waals surface area contributed by atoms with Crippen molar-refractivity contribution in [2.24, 2.45) is 0 Å². The van der Waals surface area contributed by atoms with Gasteiger partial charge in [-0.05, 0) is 25.1 Å². The van der Waals surface area contributed by atoms with Crippen LogP contribution in [-0.2, 0) is 21.0 Å². The summed E-state index contributed by atoms with van der Waals surface area (Å²) in [5, 5.41) is 10.4. The van der Waals surface area contributed by atoms with Crippen LogP contribution in [0.1, 0.15) is 12.5 Å². The van der Waals surface area contributed by atoms with Gasteiger partial charge in [0, 0.05) is 5.56 Å². The number of benzene rings is 2. The predicted molar refractivity (Wildman–Crippen MR) is 117 cm³/mol. The fourth-order valence-corrected chi connectivity index (χ4v) is 5.00. The van der Waals surface area contributed by atoms with Crippen LogP contribution in [0.15, 0.2) is 48.5 Å². The minimum absolute atomic E-state index is 0.112. The molecule has 0 aliphatic heterocycles. The van der Waals surface area contributed by atoms with E-state index in [1.165, 1.54) is 6.92 Å². The Labute approximate surface area is 190 Å². The highest BCUT2D eigenvalue weighted by molar-refractivity contribution is 7.92.